The highest BCUT2D eigenvalue weighted by Crippen LogP contribution is 2.28. The lowest BCUT2D eigenvalue weighted by atomic mass is 9.79. The number of nitrogens with zero attached hydrogens (tertiary/aromatic N) is 1. The Balaban J connectivity index is 1.55. The standard InChI is InChI=1S/C19H24ClN3O2S/c1-25-13-19(6-8-21-9-7-19)12-22-17(24)10-16-11-26-18(23-16)14-2-4-15(20)5-3-14/h2-5,11,21H,6-10,12-13H2,1H3,(H,22,24). The fourth-order valence-electron chi connectivity index (χ4n) is 3.26. The Kier molecular flexibility index (Phi) is 6.64. The van der Waals surface area contributed by atoms with E-state index in [0.29, 0.717) is 24.6 Å². The van der Waals surface area contributed by atoms with Gasteiger partial charge in [-0.05, 0) is 38.1 Å². The van der Waals surface area contributed by atoms with Crippen molar-refractivity contribution in [1.82, 2.24) is 15.6 Å². The lowest BCUT2D eigenvalue weighted by Gasteiger charge is -2.37. The van der Waals surface area contributed by atoms with E-state index in [0.717, 1.165) is 42.2 Å². The van der Waals surface area contributed by atoms with Crippen LogP contribution in [0.2, 0.25) is 5.02 Å². The molecule has 1 fully saturated rings. The Morgan fingerprint density at radius 3 is 2.77 bits per heavy atom. The summed E-state index contributed by atoms with van der Waals surface area (Å²) in [6.07, 6.45) is 2.32. The van der Waals surface area contributed by atoms with Crippen LogP contribution in [0.5, 0.6) is 0 Å². The molecule has 0 atom stereocenters. The van der Waals surface area contributed by atoms with Crippen LogP contribution in [0.25, 0.3) is 10.6 Å². The van der Waals surface area contributed by atoms with E-state index in [2.05, 4.69) is 15.6 Å². The third-order valence-corrected chi connectivity index (χ3v) is 5.95. The number of rotatable bonds is 7. The largest absolute Gasteiger partial charge is 0.384 e. The van der Waals surface area contributed by atoms with Gasteiger partial charge in [0.1, 0.15) is 5.01 Å². The van der Waals surface area contributed by atoms with E-state index >= 15 is 0 Å². The van der Waals surface area contributed by atoms with Crippen LogP contribution in [0.1, 0.15) is 18.5 Å². The predicted octanol–water partition coefficient (Wildman–Crippen LogP) is 3.14. The molecule has 2 aromatic rings. The maximum absolute atomic E-state index is 12.4. The van der Waals surface area contributed by atoms with Crippen molar-refractivity contribution < 1.29 is 9.53 Å². The number of aromatic nitrogens is 1. The van der Waals surface area contributed by atoms with Crippen LogP contribution >= 0.6 is 22.9 Å². The minimum Gasteiger partial charge on any atom is -0.384 e. The molecule has 2 heterocycles. The number of hydrogen-bond acceptors (Lipinski definition) is 5. The van der Waals surface area contributed by atoms with Crippen molar-refractivity contribution in [2.45, 2.75) is 19.3 Å². The van der Waals surface area contributed by atoms with E-state index in [1.807, 2.05) is 29.6 Å². The number of carbonyl (C=O) groups is 1. The normalized spacial score (nSPS) is 16.4. The number of nitrogens with one attached hydrogen (secondary N) is 2. The zero-order chi connectivity index (χ0) is 18.4. The Hall–Kier alpha value is -1.47. The molecule has 0 radical (unpaired) electrons. The average Bonchev–Trinajstić information content (AvgIpc) is 3.10. The van der Waals surface area contributed by atoms with Gasteiger partial charge in [-0.3, -0.25) is 4.79 Å². The van der Waals surface area contributed by atoms with Crippen molar-refractivity contribution in [3.63, 3.8) is 0 Å². The summed E-state index contributed by atoms with van der Waals surface area (Å²) in [6, 6.07) is 7.57. The quantitative estimate of drug-likeness (QED) is 0.758. The SMILES string of the molecule is COCC1(CNC(=O)Cc2csc(-c3ccc(Cl)cc3)n2)CCNCC1. The van der Waals surface area contributed by atoms with Crippen molar-refractivity contribution in [2.75, 3.05) is 33.4 Å². The van der Waals surface area contributed by atoms with Gasteiger partial charge < -0.3 is 15.4 Å². The fourth-order valence-corrected chi connectivity index (χ4v) is 4.21. The lowest BCUT2D eigenvalue weighted by Crippen LogP contribution is -2.47. The molecule has 0 bridgehead atoms. The molecule has 140 valence electrons. The van der Waals surface area contributed by atoms with Gasteiger partial charge in [-0.1, -0.05) is 23.7 Å². The monoisotopic (exact) mass is 393 g/mol. The number of piperidine rings is 1. The first-order valence-electron chi connectivity index (χ1n) is 8.77. The molecule has 26 heavy (non-hydrogen) atoms. The zero-order valence-corrected chi connectivity index (χ0v) is 16.5. The highest BCUT2D eigenvalue weighted by molar-refractivity contribution is 7.13. The molecule has 1 aliphatic rings. The summed E-state index contributed by atoms with van der Waals surface area (Å²) in [5.74, 6) is 0.00645. The lowest BCUT2D eigenvalue weighted by molar-refractivity contribution is -0.121. The van der Waals surface area contributed by atoms with Crippen molar-refractivity contribution in [2.24, 2.45) is 5.41 Å². The number of carbonyl (C=O) groups excluding carboxylic acids is 1. The average molecular weight is 394 g/mol. The second-order valence-corrected chi connectivity index (χ2v) is 8.08. The van der Waals surface area contributed by atoms with E-state index in [9.17, 15) is 4.79 Å². The molecule has 3 rings (SSSR count). The molecule has 0 unspecified atom stereocenters. The van der Waals surface area contributed by atoms with Crippen LogP contribution in [-0.2, 0) is 16.0 Å². The smallest absolute Gasteiger partial charge is 0.226 e. The van der Waals surface area contributed by atoms with E-state index in [-0.39, 0.29) is 11.3 Å². The van der Waals surface area contributed by atoms with Crippen LogP contribution in [0.4, 0.5) is 0 Å². The van der Waals surface area contributed by atoms with Crippen LogP contribution in [-0.4, -0.2) is 44.2 Å². The van der Waals surface area contributed by atoms with Gasteiger partial charge in [0.2, 0.25) is 5.91 Å². The van der Waals surface area contributed by atoms with Gasteiger partial charge in [0.15, 0.2) is 0 Å². The summed E-state index contributed by atoms with van der Waals surface area (Å²) in [5.41, 5.74) is 1.84. The first-order valence-corrected chi connectivity index (χ1v) is 10.0. The first-order chi connectivity index (χ1) is 12.6. The second-order valence-electron chi connectivity index (χ2n) is 6.79. The summed E-state index contributed by atoms with van der Waals surface area (Å²) < 4.78 is 5.40. The third-order valence-electron chi connectivity index (χ3n) is 4.76. The van der Waals surface area contributed by atoms with Crippen LogP contribution in [0, 0.1) is 5.41 Å². The van der Waals surface area contributed by atoms with Crippen molar-refractivity contribution in [3.8, 4) is 10.6 Å². The summed E-state index contributed by atoms with van der Waals surface area (Å²) in [6.45, 7) is 3.26. The summed E-state index contributed by atoms with van der Waals surface area (Å²) in [7, 11) is 1.72. The number of thiazole rings is 1. The van der Waals surface area contributed by atoms with Gasteiger partial charge in [-0.2, -0.15) is 0 Å². The highest BCUT2D eigenvalue weighted by atomic mass is 35.5. The van der Waals surface area contributed by atoms with Crippen LogP contribution in [0.3, 0.4) is 0 Å². The molecule has 1 aliphatic heterocycles. The topological polar surface area (TPSA) is 63.2 Å². The van der Waals surface area contributed by atoms with Gasteiger partial charge in [0.25, 0.3) is 0 Å². The maximum Gasteiger partial charge on any atom is 0.226 e. The van der Waals surface area contributed by atoms with E-state index in [1.54, 1.807) is 18.4 Å². The molecule has 5 nitrogen and oxygen atoms in total. The molecule has 1 aromatic carbocycles. The fraction of sp³-hybridized carbons (Fsp3) is 0.474. The Morgan fingerprint density at radius 1 is 1.35 bits per heavy atom. The number of amides is 1. The summed E-state index contributed by atoms with van der Waals surface area (Å²) >= 11 is 7.46. The molecule has 7 heteroatoms. The molecular formula is C19H24ClN3O2S. The highest BCUT2D eigenvalue weighted by Gasteiger charge is 2.32. The van der Waals surface area contributed by atoms with Gasteiger partial charge in [-0.15, -0.1) is 11.3 Å². The van der Waals surface area contributed by atoms with Crippen LogP contribution in [0.15, 0.2) is 29.6 Å². The molecule has 1 aromatic heterocycles. The predicted molar refractivity (Wildman–Crippen MR) is 106 cm³/mol. The van der Waals surface area contributed by atoms with Crippen molar-refractivity contribution in [3.05, 3.63) is 40.4 Å². The van der Waals surface area contributed by atoms with Crippen molar-refractivity contribution >= 4 is 28.8 Å². The Bertz CT molecular complexity index is 721. The van der Waals surface area contributed by atoms with E-state index in [1.165, 1.54) is 0 Å². The second kappa shape index (κ2) is 8.95. The molecule has 2 N–H and O–H groups in total. The molecule has 0 aliphatic carbocycles. The number of hydrogen-bond donors (Lipinski definition) is 2. The summed E-state index contributed by atoms with van der Waals surface area (Å²) in [5, 5.41) is 9.99. The van der Waals surface area contributed by atoms with Gasteiger partial charge in [0, 0.05) is 35.0 Å². The first kappa shape index (κ1) is 19.3. The van der Waals surface area contributed by atoms with Gasteiger partial charge in [-0.25, -0.2) is 4.98 Å². The minimum atomic E-state index is 0.00645. The summed E-state index contributed by atoms with van der Waals surface area (Å²) in [4.78, 5) is 17.0. The molecule has 0 saturated carbocycles. The third kappa shape index (κ3) is 5.04. The van der Waals surface area contributed by atoms with Gasteiger partial charge in [0.05, 0.1) is 18.7 Å². The Morgan fingerprint density at radius 2 is 2.08 bits per heavy atom. The van der Waals surface area contributed by atoms with Gasteiger partial charge >= 0.3 is 0 Å². The van der Waals surface area contributed by atoms with E-state index < -0.39 is 0 Å². The Labute approximate surface area is 163 Å². The molecule has 1 saturated heterocycles. The van der Waals surface area contributed by atoms with Crippen LogP contribution < -0.4 is 10.6 Å². The van der Waals surface area contributed by atoms with E-state index in [4.69, 9.17) is 16.3 Å². The molecule has 1 amide bonds. The number of methoxy groups -OCH3 is 1. The maximum atomic E-state index is 12.4. The number of benzene rings is 1. The molecular weight excluding hydrogens is 370 g/mol. The van der Waals surface area contributed by atoms with Crippen molar-refractivity contribution in [1.29, 1.82) is 0 Å². The zero-order valence-electron chi connectivity index (χ0n) is 14.9. The minimum absolute atomic E-state index is 0.00645. The number of halogens is 1. The number of ether oxygens (including phenoxy) is 1. The molecule has 0 spiro atoms.